The molecule has 0 aliphatic heterocycles. The molecule has 0 aromatic carbocycles. The minimum atomic E-state index is -4.40. The van der Waals surface area contributed by atoms with Gasteiger partial charge in [-0.25, -0.2) is 14.4 Å². The summed E-state index contributed by atoms with van der Waals surface area (Å²) >= 11 is 0. The molecule has 0 atom stereocenters. The largest absolute Gasteiger partial charge is 0.396 e. The van der Waals surface area contributed by atoms with E-state index >= 15 is 0 Å². The number of hydrogen-bond acceptors (Lipinski definition) is 3. The van der Waals surface area contributed by atoms with Crippen molar-refractivity contribution in [3.63, 3.8) is 0 Å². The van der Waals surface area contributed by atoms with Crippen molar-refractivity contribution in [3.05, 3.63) is 17.3 Å². The Bertz CT molecular complexity index is 376. The molecule has 1 heterocycles. The summed E-state index contributed by atoms with van der Waals surface area (Å²) < 4.78 is 49.6. The minimum Gasteiger partial charge on any atom is -0.368 e. The van der Waals surface area contributed by atoms with Gasteiger partial charge in [0, 0.05) is 6.54 Å². The van der Waals surface area contributed by atoms with E-state index in [2.05, 4.69) is 15.3 Å². The number of aromatic nitrogens is 2. The summed E-state index contributed by atoms with van der Waals surface area (Å²) in [6.07, 6.45) is -5.65. The molecule has 0 aliphatic rings. The molecular weight excluding hydrogens is 226 g/mol. The van der Waals surface area contributed by atoms with Crippen LogP contribution < -0.4 is 5.32 Å². The minimum absolute atomic E-state index is 0.0924. The standard InChI is InChI=1S/C9H11F4N3/c1-3-14-8-7(10)5(2)15-6(16-8)4-9(11,12)13/h3-4H2,1-2H3,(H,14,15,16). The highest BCUT2D eigenvalue weighted by Gasteiger charge is 2.30. The lowest BCUT2D eigenvalue weighted by atomic mass is 10.3. The highest BCUT2D eigenvalue weighted by molar-refractivity contribution is 5.37. The number of aryl methyl sites for hydroxylation is 1. The number of nitrogens with one attached hydrogen (secondary N) is 1. The van der Waals surface area contributed by atoms with Crippen molar-refractivity contribution in [1.29, 1.82) is 0 Å². The van der Waals surface area contributed by atoms with Gasteiger partial charge in [0.2, 0.25) is 0 Å². The number of alkyl halides is 3. The molecule has 1 aromatic heterocycles. The predicted molar refractivity (Wildman–Crippen MR) is 50.6 cm³/mol. The third kappa shape index (κ3) is 3.32. The lowest BCUT2D eigenvalue weighted by Crippen LogP contribution is -2.16. The highest BCUT2D eigenvalue weighted by Crippen LogP contribution is 2.21. The summed E-state index contributed by atoms with van der Waals surface area (Å²) in [7, 11) is 0. The molecule has 0 unspecified atom stereocenters. The Labute approximate surface area is 89.9 Å². The molecule has 1 N–H and O–H groups in total. The highest BCUT2D eigenvalue weighted by atomic mass is 19.4. The number of nitrogens with zero attached hydrogens (tertiary/aromatic N) is 2. The first-order valence-electron chi connectivity index (χ1n) is 4.67. The van der Waals surface area contributed by atoms with E-state index < -0.39 is 24.2 Å². The van der Waals surface area contributed by atoms with Crippen LogP contribution in [0.5, 0.6) is 0 Å². The molecule has 0 fully saturated rings. The van der Waals surface area contributed by atoms with Gasteiger partial charge in [0.25, 0.3) is 0 Å². The Hall–Kier alpha value is -1.40. The fourth-order valence-electron chi connectivity index (χ4n) is 1.16. The van der Waals surface area contributed by atoms with Crippen LogP contribution in [0.25, 0.3) is 0 Å². The molecule has 0 aliphatic carbocycles. The average molecular weight is 237 g/mol. The summed E-state index contributed by atoms with van der Waals surface area (Å²) in [5.74, 6) is -1.33. The number of anilines is 1. The predicted octanol–water partition coefficient (Wildman–Crippen LogP) is 2.46. The van der Waals surface area contributed by atoms with E-state index in [4.69, 9.17) is 0 Å². The van der Waals surface area contributed by atoms with Crippen molar-refractivity contribution >= 4 is 5.82 Å². The van der Waals surface area contributed by atoms with Gasteiger partial charge in [0.05, 0.1) is 5.69 Å². The first kappa shape index (κ1) is 12.7. The van der Waals surface area contributed by atoms with E-state index in [-0.39, 0.29) is 11.5 Å². The molecule has 90 valence electrons. The maximum atomic E-state index is 13.3. The first-order valence-corrected chi connectivity index (χ1v) is 4.67. The lowest BCUT2D eigenvalue weighted by Gasteiger charge is -2.10. The topological polar surface area (TPSA) is 37.8 Å². The molecule has 1 rings (SSSR count). The quantitative estimate of drug-likeness (QED) is 0.820. The van der Waals surface area contributed by atoms with Crippen LogP contribution in [0, 0.1) is 12.7 Å². The fraction of sp³-hybridized carbons (Fsp3) is 0.556. The maximum Gasteiger partial charge on any atom is 0.396 e. The monoisotopic (exact) mass is 237 g/mol. The second kappa shape index (κ2) is 4.63. The van der Waals surface area contributed by atoms with Gasteiger partial charge in [-0.1, -0.05) is 0 Å². The summed E-state index contributed by atoms with van der Waals surface area (Å²) in [6, 6.07) is 0. The van der Waals surface area contributed by atoms with Gasteiger partial charge >= 0.3 is 6.18 Å². The molecule has 0 spiro atoms. The summed E-state index contributed by atoms with van der Waals surface area (Å²) in [5.41, 5.74) is -0.0924. The van der Waals surface area contributed by atoms with Crippen LogP contribution in [0.2, 0.25) is 0 Å². The van der Waals surface area contributed by atoms with Gasteiger partial charge in [-0.3, -0.25) is 0 Å². The third-order valence-corrected chi connectivity index (χ3v) is 1.77. The normalized spacial score (nSPS) is 11.6. The lowest BCUT2D eigenvalue weighted by molar-refractivity contribution is -0.128. The van der Waals surface area contributed by atoms with Gasteiger partial charge in [-0.2, -0.15) is 13.2 Å². The van der Waals surface area contributed by atoms with Crippen molar-refractivity contribution in [1.82, 2.24) is 9.97 Å². The van der Waals surface area contributed by atoms with Crippen LogP contribution in [0.1, 0.15) is 18.4 Å². The van der Waals surface area contributed by atoms with Crippen LogP contribution >= 0.6 is 0 Å². The fourth-order valence-corrected chi connectivity index (χ4v) is 1.16. The first-order chi connectivity index (χ1) is 7.33. The van der Waals surface area contributed by atoms with Crippen LogP contribution in [0.4, 0.5) is 23.4 Å². The second-order valence-corrected chi connectivity index (χ2v) is 3.21. The number of halogens is 4. The van der Waals surface area contributed by atoms with Gasteiger partial charge in [-0.05, 0) is 13.8 Å². The SMILES string of the molecule is CCNc1nc(CC(F)(F)F)nc(C)c1F. The molecule has 0 saturated heterocycles. The zero-order valence-corrected chi connectivity index (χ0v) is 8.82. The average Bonchev–Trinajstić information content (AvgIpc) is 2.11. The van der Waals surface area contributed by atoms with Crippen molar-refractivity contribution in [3.8, 4) is 0 Å². The van der Waals surface area contributed by atoms with Crippen LogP contribution in [-0.4, -0.2) is 22.7 Å². The van der Waals surface area contributed by atoms with E-state index in [0.717, 1.165) is 0 Å². The molecule has 0 saturated carbocycles. The molecule has 0 amide bonds. The number of hydrogen-bond donors (Lipinski definition) is 1. The van der Waals surface area contributed by atoms with Crippen molar-refractivity contribution in [2.45, 2.75) is 26.4 Å². The molecule has 0 bridgehead atoms. The van der Waals surface area contributed by atoms with E-state index in [0.29, 0.717) is 6.54 Å². The Balaban J connectivity index is 3.04. The zero-order valence-electron chi connectivity index (χ0n) is 8.82. The Kier molecular flexibility index (Phi) is 3.66. The zero-order chi connectivity index (χ0) is 12.3. The van der Waals surface area contributed by atoms with Crippen molar-refractivity contribution in [2.24, 2.45) is 0 Å². The molecule has 1 aromatic rings. The Morgan fingerprint density at radius 3 is 2.38 bits per heavy atom. The summed E-state index contributed by atoms with van der Waals surface area (Å²) in [5, 5.41) is 2.55. The van der Waals surface area contributed by atoms with E-state index in [1.165, 1.54) is 6.92 Å². The number of rotatable bonds is 3. The third-order valence-electron chi connectivity index (χ3n) is 1.77. The Morgan fingerprint density at radius 1 is 1.25 bits per heavy atom. The molecule has 3 nitrogen and oxygen atoms in total. The van der Waals surface area contributed by atoms with E-state index in [1.807, 2.05) is 0 Å². The van der Waals surface area contributed by atoms with Crippen molar-refractivity contribution < 1.29 is 17.6 Å². The van der Waals surface area contributed by atoms with Gasteiger partial charge in [0.15, 0.2) is 11.6 Å². The van der Waals surface area contributed by atoms with Gasteiger partial charge in [0.1, 0.15) is 12.2 Å². The van der Waals surface area contributed by atoms with Crippen molar-refractivity contribution in [2.75, 3.05) is 11.9 Å². The molecule has 7 heteroatoms. The Morgan fingerprint density at radius 2 is 1.88 bits per heavy atom. The van der Waals surface area contributed by atoms with Crippen LogP contribution in [-0.2, 0) is 6.42 Å². The maximum absolute atomic E-state index is 13.3. The van der Waals surface area contributed by atoms with Gasteiger partial charge in [-0.15, -0.1) is 0 Å². The smallest absolute Gasteiger partial charge is 0.368 e. The summed E-state index contributed by atoms with van der Waals surface area (Å²) in [4.78, 5) is 6.95. The molecule has 0 radical (unpaired) electrons. The van der Waals surface area contributed by atoms with Crippen LogP contribution in [0.15, 0.2) is 0 Å². The second-order valence-electron chi connectivity index (χ2n) is 3.21. The van der Waals surface area contributed by atoms with Gasteiger partial charge < -0.3 is 5.32 Å². The van der Waals surface area contributed by atoms with Crippen LogP contribution in [0.3, 0.4) is 0 Å². The van der Waals surface area contributed by atoms with E-state index in [1.54, 1.807) is 6.92 Å². The molecule has 16 heavy (non-hydrogen) atoms. The van der Waals surface area contributed by atoms with E-state index in [9.17, 15) is 17.6 Å². The summed E-state index contributed by atoms with van der Waals surface area (Å²) in [6.45, 7) is 3.37. The molecular formula is C9H11F4N3.